The number of aryl methyl sites for hydroxylation is 4. The van der Waals surface area contributed by atoms with E-state index in [1.54, 1.807) is 0 Å². The molecule has 3 aromatic rings. The second-order valence-corrected chi connectivity index (χ2v) is 9.75. The van der Waals surface area contributed by atoms with E-state index in [2.05, 4.69) is 36.2 Å². The van der Waals surface area contributed by atoms with Crippen molar-refractivity contribution in [3.05, 3.63) is 46.1 Å². The maximum absolute atomic E-state index is 12.8. The van der Waals surface area contributed by atoms with Gasteiger partial charge in [-0.25, -0.2) is 14.8 Å². The molecule has 1 N–H and O–H groups in total. The summed E-state index contributed by atoms with van der Waals surface area (Å²) in [5, 5.41) is 4.34. The molecule has 32 heavy (non-hydrogen) atoms. The smallest absolute Gasteiger partial charge is 0.321 e. The second-order valence-electron chi connectivity index (χ2n) is 8.67. The van der Waals surface area contributed by atoms with Crippen LogP contribution in [0.1, 0.15) is 48.5 Å². The fourth-order valence-corrected chi connectivity index (χ4v) is 6.04. The lowest BCUT2D eigenvalue weighted by atomic mass is 9.97. The Balaban J connectivity index is 1.33. The summed E-state index contributed by atoms with van der Waals surface area (Å²) >= 11 is 1.86. The molecule has 1 saturated heterocycles. The predicted molar refractivity (Wildman–Crippen MR) is 132 cm³/mol. The van der Waals surface area contributed by atoms with Crippen molar-refractivity contribution in [1.82, 2.24) is 14.9 Å². The third-order valence-electron chi connectivity index (χ3n) is 6.61. The molecule has 2 amide bonds. The van der Waals surface area contributed by atoms with E-state index in [4.69, 9.17) is 9.97 Å². The minimum atomic E-state index is -0.0205. The number of urea groups is 1. The highest BCUT2D eigenvalue weighted by atomic mass is 32.1. The Kier molecular flexibility index (Phi) is 6.00. The third kappa shape index (κ3) is 4.06. The normalized spacial score (nSPS) is 16.3. The van der Waals surface area contributed by atoms with Crippen molar-refractivity contribution in [2.45, 2.75) is 52.4 Å². The van der Waals surface area contributed by atoms with Crippen LogP contribution in [0.15, 0.2) is 24.3 Å². The lowest BCUT2D eigenvalue weighted by molar-refractivity contribution is 0.208. The first kappa shape index (κ1) is 21.2. The monoisotopic (exact) mass is 449 g/mol. The van der Waals surface area contributed by atoms with Crippen molar-refractivity contribution >= 4 is 39.1 Å². The molecule has 0 unspecified atom stereocenters. The van der Waals surface area contributed by atoms with Crippen molar-refractivity contribution in [3.8, 4) is 0 Å². The average molecular weight is 450 g/mol. The van der Waals surface area contributed by atoms with Gasteiger partial charge in [-0.3, -0.25) is 0 Å². The van der Waals surface area contributed by atoms with Crippen LogP contribution in [-0.4, -0.2) is 47.1 Å². The zero-order valence-electron chi connectivity index (χ0n) is 19.0. The number of hydrogen-bond acceptors (Lipinski definition) is 5. The molecular weight excluding hydrogens is 418 g/mol. The van der Waals surface area contributed by atoms with Gasteiger partial charge in [-0.05, 0) is 55.4 Å². The Morgan fingerprint density at radius 3 is 2.66 bits per heavy atom. The number of amides is 2. The van der Waals surface area contributed by atoms with Gasteiger partial charge in [0.2, 0.25) is 0 Å². The highest BCUT2D eigenvalue weighted by Crippen LogP contribution is 2.40. The van der Waals surface area contributed by atoms with E-state index in [0.29, 0.717) is 13.1 Å². The summed E-state index contributed by atoms with van der Waals surface area (Å²) in [6, 6.07) is 8.08. The number of hydrogen-bond donors (Lipinski definition) is 1. The third-order valence-corrected chi connectivity index (χ3v) is 7.80. The van der Waals surface area contributed by atoms with E-state index in [1.807, 2.05) is 28.4 Å². The summed E-state index contributed by atoms with van der Waals surface area (Å²) in [5.41, 5.74) is 3.57. The summed E-state index contributed by atoms with van der Waals surface area (Å²) in [6.07, 6.45) is 6.63. The molecular formula is C25H31N5OS. The van der Waals surface area contributed by atoms with Gasteiger partial charge in [-0.15, -0.1) is 11.3 Å². The Bertz CT molecular complexity index is 1130. The Morgan fingerprint density at radius 1 is 1.06 bits per heavy atom. The first-order valence-electron chi connectivity index (χ1n) is 11.9. The first-order chi connectivity index (χ1) is 15.7. The largest absolute Gasteiger partial charge is 0.352 e. The molecule has 6 nitrogen and oxygen atoms in total. The Morgan fingerprint density at radius 2 is 1.88 bits per heavy atom. The number of fused-ring (bicyclic) bond motifs is 3. The van der Waals surface area contributed by atoms with Gasteiger partial charge in [0, 0.05) is 43.2 Å². The maximum atomic E-state index is 12.8. The Labute approximate surface area is 193 Å². The minimum absolute atomic E-state index is 0.0205. The van der Waals surface area contributed by atoms with Gasteiger partial charge in [-0.1, -0.05) is 26.0 Å². The highest BCUT2D eigenvalue weighted by Gasteiger charge is 2.27. The van der Waals surface area contributed by atoms with Gasteiger partial charge >= 0.3 is 6.03 Å². The number of carbonyl (C=O) groups is 1. The van der Waals surface area contributed by atoms with Gasteiger partial charge in [0.15, 0.2) is 0 Å². The van der Waals surface area contributed by atoms with E-state index in [-0.39, 0.29) is 6.03 Å². The standard InChI is InChI=1S/C25H31N5OS/c1-3-17-8-7-9-18(16-17)26-25(31)30-14-12-29(13-15-30)23-22-19-10-5-6-11-20(19)32-24(22)28-21(4-2)27-23/h7-9,16H,3-6,10-15H2,1-2H3,(H,26,31). The molecule has 2 aromatic heterocycles. The molecule has 1 aromatic carbocycles. The molecule has 0 spiro atoms. The van der Waals surface area contributed by atoms with Gasteiger partial charge in [0.1, 0.15) is 16.5 Å². The highest BCUT2D eigenvalue weighted by molar-refractivity contribution is 7.19. The molecule has 1 aliphatic carbocycles. The summed E-state index contributed by atoms with van der Waals surface area (Å²) in [7, 11) is 0. The fourth-order valence-electron chi connectivity index (χ4n) is 4.76. The van der Waals surface area contributed by atoms with Crippen LogP contribution in [0.3, 0.4) is 0 Å². The van der Waals surface area contributed by atoms with Gasteiger partial charge in [0.05, 0.1) is 5.39 Å². The van der Waals surface area contributed by atoms with Crippen LogP contribution in [0.25, 0.3) is 10.2 Å². The Hall–Kier alpha value is -2.67. The molecule has 7 heteroatoms. The number of nitrogens with zero attached hydrogens (tertiary/aromatic N) is 4. The molecule has 1 aliphatic heterocycles. The maximum Gasteiger partial charge on any atom is 0.321 e. The number of carbonyl (C=O) groups excluding carboxylic acids is 1. The van der Waals surface area contributed by atoms with Gasteiger partial charge in [-0.2, -0.15) is 0 Å². The van der Waals surface area contributed by atoms with E-state index >= 15 is 0 Å². The number of nitrogens with one attached hydrogen (secondary N) is 1. The molecule has 0 atom stereocenters. The van der Waals surface area contributed by atoms with Crippen molar-refractivity contribution < 1.29 is 4.79 Å². The summed E-state index contributed by atoms with van der Waals surface area (Å²) in [4.78, 5) is 29.6. The van der Waals surface area contributed by atoms with Gasteiger partial charge < -0.3 is 15.1 Å². The van der Waals surface area contributed by atoms with Crippen molar-refractivity contribution in [1.29, 1.82) is 0 Å². The molecule has 168 valence electrons. The number of benzene rings is 1. The summed E-state index contributed by atoms with van der Waals surface area (Å²) in [5.74, 6) is 2.00. The van der Waals surface area contributed by atoms with E-state index < -0.39 is 0 Å². The van der Waals surface area contributed by atoms with E-state index in [1.165, 1.54) is 40.7 Å². The lowest BCUT2D eigenvalue weighted by Crippen LogP contribution is -2.50. The van der Waals surface area contributed by atoms with Crippen LogP contribution in [0.2, 0.25) is 0 Å². The number of rotatable bonds is 4. The molecule has 5 rings (SSSR count). The molecule has 2 aliphatic rings. The SMILES string of the molecule is CCc1cccc(NC(=O)N2CCN(c3nc(CC)nc4sc5c(c34)CCCC5)CC2)c1. The van der Waals surface area contributed by atoms with Crippen LogP contribution in [0, 0.1) is 0 Å². The van der Waals surface area contributed by atoms with Crippen molar-refractivity contribution in [3.63, 3.8) is 0 Å². The number of anilines is 2. The molecule has 0 radical (unpaired) electrons. The molecule has 0 bridgehead atoms. The van der Waals surface area contributed by atoms with Crippen LogP contribution < -0.4 is 10.2 Å². The quantitative estimate of drug-likeness (QED) is 0.606. The summed E-state index contributed by atoms with van der Waals surface area (Å²) in [6.45, 7) is 7.22. The number of aromatic nitrogens is 2. The zero-order valence-corrected chi connectivity index (χ0v) is 19.8. The number of thiophene rings is 1. The first-order valence-corrected chi connectivity index (χ1v) is 12.7. The zero-order chi connectivity index (χ0) is 22.1. The van der Waals surface area contributed by atoms with E-state index in [0.717, 1.165) is 54.5 Å². The second kappa shape index (κ2) is 9.06. The van der Waals surface area contributed by atoms with Crippen LogP contribution in [0.5, 0.6) is 0 Å². The fraction of sp³-hybridized carbons (Fsp3) is 0.480. The number of piperazine rings is 1. The average Bonchev–Trinajstić information content (AvgIpc) is 3.22. The van der Waals surface area contributed by atoms with Crippen molar-refractivity contribution in [2.75, 3.05) is 36.4 Å². The van der Waals surface area contributed by atoms with Crippen LogP contribution >= 0.6 is 11.3 Å². The van der Waals surface area contributed by atoms with Crippen LogP contribution in [-0.2, 0) is 25.7 Å². The van der Waals surface area contributed by atoms with Crippen LogP contribution in [0.4, 0.5) is 16.3 Å². The van der Waals surface area contributed by atoms with E-state index in [9.17, 15) is 4.79 Å². The van der Waals surface area contributed by atoms with Gasteiger partial charge in [0.25, 0.3) is 0 Å². The summed E-state index contributed by atoms with van der Waals surface area (Å²) < 4.78 is 0. The lowest BCUT2D eigenvalue weighted by Gasteiger charge is -2.36. The minimum Gasteiger partial charge on any atom is -0.352 e. The predicted octanol–water partition coefficient (Wildman–Crippen LogP) is 5.05. The molecule has 3 heterocycles. The van der Waals surface area contributed by atoms with Crippen molar-refractivity contribution in [2.24, 2.45) is 0 Å². The molecule has 1 fully saturated rings. The topological polar surface area (TPSA) is 61.4 Å². The molecule has 0 saturated carbocycles.